The number of fused-ring (bicyclic) bond motifs is 3. The van der Waals surface area contributed by atoms with Gasteiger partial charge in [-0.1, -0.05) is 11.6 Å². The maximum Gasteiger partial charge on any atom is 0.251 e. The highest BCUT2D eigenvalue weighted by Gasteiger charge is 2.57. The van der Waals surface area contributed by atoms with Gasteiger partial charge in [0.15, 0.2) is 17.4 Å². The standard InChI is InChI=1S/C27H28ClF4N5O/c1-26(14-27(31,32)15-26)36-12-17-9-18(28)3-4-21(17)37-24(13-36)33-34-25(37)16-5-7-35(8-6-16)22-11-23(38-2)20(30)10-19(22)29/h3-4,9-11,16H,5-8,12-15H2,1-2H3. The number of benzene rings is 2. The van der Waals surface area contributed by atoms with Gasteiger partial charge in [0.1, 0.15) is 11.6 Å². The van der Waals surface area contributed by atoms with E-state index in [4.69, 9.17) is 16.3 Å². The van der Waals surface area contributed by atoms with E-state index in [0.29, 0.717) is 55.6 Å². The van der Waals surface area contributed by atoms with Gasteiger partial charge in [0.2, 0.25) is 0 Å². The fraction of sp³-hybridized carbons (Fsp3) is 0.481. The minimum atomic E-state index is -2.65. The van der Waals surface area contributed by atoms with Crippen molar-refractivity contribution in [3.8, 4) is 11.4 Å². The van der Waals surface area contributed by atoms with Gasteiger partial charge in [-0.05, 0) is 43.5 Å². The van der Waals surface area contributed by atoms with Gasteiger partial charge in [-0.15, -0.1) is 10.2 Å². The molecule has 2 fully saturated rings. The van der Waals surface area contributed by atoms with Crippen molar-refractivity contribution in [2.24, 2.45) is 0 Å². The van der Waals surface area contributed by atoms with E-state index in [0.717, 1.165) is 23.1 Å². The van der Waals surface area contributed by atoms with Gasteiger partial charge in [-0.3, -0.25) is 9.47 Å². The highest BCUT2D eigenvalue weighted by atomic mass is 35.5. The molecule has 0 unspecified atom stereocenters. The van der Waals surface area contributed by atoms with Crippen LogP contribution in [0, 0.1) is 11.6 Å². The Labute approximate surface area is 223 Å². The van der Waals surface area contributed by atoms with Gasteiger partial charge in [0.25, 0.3) is 5.92 Å². The van der Waals surface area contributed by atoms with Crippen LogP contribution in [0.4, 0.5) is 23.2 Å². The zero-order valence-electron chi connectivity index (χ0n) is 21.2. The predicted molar refractivity (Wildman–Crippen MR) is 135 cm³/mol. The number of aromatic nitrogens is 3. The molecule has 38 heavy (non-hydrogen) atoms. The Morgan fingerprint density at radius 1 is 0.974 bits per heavy atom. The topological polar surface area (TPSA) is 46.4 Å². The largest absolute Gasteiger partial charge is 0.494 e. The number of anilines is 1. The molecule has 1 saturated heterocycles. The molecule has 3 heterocycles. The third-order valence-electron chi connectivity index (χ3n) is 8.20. The van der Waals surface area contributed by atoms with Gasteiger partial charge in [0, 0.05) is 61.1 Å². The molecule has 11 heteroatoms. The fourth-order valence-electron chi connectivity index (χ4n) is 6.25. The van der Waals surface area contributed by atoms with Crippen molar-refractivity contribution < 1.29 is 22.3 Å². The van der Waals surface area contributed by atoms with Gasteiger partial charge < -0.3 is 9.64 Å². The summed E-state index contributed by atoms with van der Waals surface area (Å²) in [4.78, 5) is 3.95. The highest BCUT2D eigenvalue weighted by Crippen LogP contribution is 2.50. The molecule has 1 saturated carbocycles. The molecule has 0 bridgehead atoms. The summed E-state index contributed by atoms with van der Waals surface area (Å²) < 4.78 is 63.4. The molecule has 6 nitrogen and oxygen atoms in total. The predicted octanol–water partition coefficient (Wildman–Crippen LogP) is 6.09. The summed E-state index contributed by atoms with van der Waals surface area (Å²) in [6.45, 7) is 3.85. The monoisotopic (exact) mass is 549 g/mol. The van der Waals surface area contributed by atoms with E-state index in [1.54, 1.807) is 0 Å². The minimum absolute atomic E-state index is 0.00374. The molecule has 3 aliphatic rings. The van der Waals surface area contributed by atoms with Crippen LogP contribution in [0.15, 0.2) is 30.3 Å². The summed E-state index contributed by atoms with van der Waals surface area (Å²) in [6, 6.07) is 7.88. The minimum Gasteiger partial charge on any atom is -0.494 e. The number of hydrogen-bond acceptors (Lipinski definition) is 5. The molecular formula is C27H28ClF4N5O. The molecule has 3 aromatic rings. The average Bonchev–Trinajstić information content (AvgIpc) is 3.18. The van der Waals surface area contributed by atoms with Crippen LogP contribution >= 0.6 is 11.6 Å². The van der Waals surface area contributed by atoms with Gasteiger partial charge in [-0.2, -0.15) is 0 Å². The number of piperidine rings is 1. The lowest BCUT2D eigenvalue weighted by atomic mass is 9.73. The number of alkyl halides is 2. The Morgan fingerprint density at radius 2 is 1.71 bits per heavy atom. The van der Waals surface area contributed by atoms with E-state index in [9.17, 15) is 17.6 Å². The van der Waals surface area contributed by atoms with Crippen LogP contribution in [0.1, 0.15) is 55.7 Å². The molecule has 0 atom stereocenters. The van der Waals surface area contributed by atoms with Crippen LogP contribution in [0.3, 0.4) is 0 Å². The number of ether oxygens (including phenoxy) is 1. The third-order valence-corrected chi connectivity index (χ3v) is 8.43. The Morgan fingerprint density at radius 3 is 2.39 bits per heavy atom. The molecule has 0 N–H and O–H groups in total. The Kier molecular flexibility index (Phi) is 6.10. The van der Waals surface area contributed by atoms with Gasteiger partial charge in [0.05, 0.1) is 25.0 Å². The molecule has 0 spiro atoms. The molecule has 2 aromatic carbocycles. The van der Waals surface area contributed by atoms with Crippen LogP contribution < -0.4 is 9.64 Å². The second-order valence-electron chi connectivity index (χ2n) is 10.8. The molecule has 0 radical (unpaired) electrons. The van der Waals surface area contributed by atoms with Crippen molar-refractivity contribution >= 4 is 17.3 Å². The highest BCUT2D eigenvalue weighted by molar-refractivity contribution is 6.30. The first-order valence-corrected chi connectivity index (χ1v) is 13.1. The zero-order valence-corrected chi connectivity index (χ0v) is 21.9. The van der Waals surface area contributed by atoms with E-state index >= 15 is 0 Å². The Balaban J connectivity index is 1.29. The van der Waals surface area contributed by atoms with Crippen LogP contribution in [-0.2, 0) is 13.1 Å². The quantitative estimate of drug-likeness (QED) is 0.368. The maximum atomic E-state index is 14.6. The first-order chi connectivity index (χ1) is 18.1. The fourth-order valence-corrected chi connectivity index (χ4v) is 6.45. The van der Waals surface area contributed by atoms with Gasteiger partial charge >= 0.3 is 0 Å². The first kappa shape index (κ1) is 25.4. The number of nitrogens with zero attached hydrogens (tertiary/aromatic N) is 5. The lowest BCUT2D eigenvalue weighted by molar-refractivity contribution is -0.173. The van der Waals surface area contributed by atoms with E-state index in [2.05, 4.69) is 15.1 Å². The van der Waals surface area contributed by atoms with E-state index in [1.165, 1.54) is 13.2 Å². The zero-order chi connectivity index (χ0) is 26.8. The van der Waals surface area contributed by atoms with Crippen LogP contribution in [0.25, 0.3) is 5.69 Å². The lowest BCUT2D eigenvalue weighted by Gasteiger charge is -2.51. The molecule has 2 aliphatic heterocycles. The van der Waals surface area contributed by atoms with Crippen molar-refractivity contribution in [2.75, 3.05) is 25.1 Å². The van der Waals surface area contributed by atoms with Crippen molar-refractivity contribution in [1.29, 1.82) is 0 Å². The summed E-state index contributed by atoms with van der Waals surface area (Å²) in [5.74, 6) is -2.46. The summed E-state index contributed by atoms with van der Waals surface area (Å²) in [7, 11) is 1.35. The van der Waals surface area contributed by atoms with Crippen molar-refractivity contribution in [1.82, 2.24) is 19.7 Å². The van der Waals surface area contributed by atoms with Crippen molar-refractivity contribution in [2.45, 2.75) is 63.1 Å². The second kappa shape index (κ2) is 9.12. The molecule has 1 aromatic heterocycles. The first-order valence-electron chi connectivity index (χ1n) is 12.7. The summed E-state index contributed by atoms with van der Waals surface area (Å²) in [6.07, 6.45) is 0.988. The van der Waals surface area contributed by atoms with Crippen LogP contribution in [0.2, 0.25) is 5.02 Å². The lowest BCUT2D eigenvalue weighted by Crippen LogP contribution is -2.59. The summed E-state index contributed by atoms with van der Waals surface area (Å²) in [5, 5.41) is 9.66. The van der Waals surface area contributed by atoms with Crippen molar-refractivity contribution in [3.05, 3.63) is 64.2 Å². The van der Waals surface area contributed by atoms with Crippen LogP contribution in [0.5, 0.6) is 5.75 Å². The Hall–Kier alpha value is -2.85. The van der Waals surface area contributed by atoms with E-state index in [-0.39, 0.29) is 24.5 Å². The van der Waals surface area contributed by atoms with Crippen molar-refractivity contribution in [3.63, 3.8) is 0 Å². The smallest absolute Gasteiger partial charge is 0.251 e. The van der Waals surface area contributed by atoms with Crippen LogP contribution in [-0.4, -0.2) is 51.3 Å². The van der Waals surface area contributed by atoms with E-state index < -0.39 is 23.1 Å². The number of halogens is 5. The summed E-state index contributed by atoms with van der Waals surface area (Å²) in [5.41, 5.74) is 1.50. The average molecular weight is 550 g/mol. The van der Waals surface area contributed by atoms with E-state index in [1.807, 2.05) is 34.6 Å². The number of rotatable bonds is 4. The molecule has 6 rings (SSSR count). The van der Waals surface area contributed by atoms with Gasteiger partial charge in [-0.25, -0.2) is 17.6 Å². The second-order valence-corrected chi connectivity index (χ2v) is 11.3. The molecule has 202 valence electrons. The normalized spacial score (nSPS) is 20.9. The molecule has 1 aliphatic carbocycles. The molecule has 0 amide bonds. The maximum absolute atomic E-state index is 14.6. The number of hydrogen-bond donors (Lipinski definition) is 0. The molecular weight excluding hydrogens is 522 g/mol. The Bertz CT molecular complexity index is 1380. The number of methoxy groups -OCH3 is 1. The third kappa shape index (κ3) is 4.31. The SMILES string of the molecule is COc1cc(N2CCC(c3nnc4n3-c3ccc(Cl)cc3CN(C3(C)CC(F)(F)C3)C4)CC2)c(F)cc1F. The summed E-state index contributed by atoms with van der Waals surface area (Å²) >= 11 is 6.35.